The van der Waals surface area contributed by atoms with Gasteiger partial charge in [0.25, 0.3) is 11.6 Å². The molecule has 7 heteroatoms. The van der Waals surface area contributed by atoms with E-state index in [1.807, 2.05) is 0 Å². The van der Waals surface area contributed by atoms with Crippen LogP contribution in [0.2, 0.25) is 0 Å². The first-order chi connectivity index (χ1) is 9.47. The van der Waals surface area contributed by atoms with Crippen molar-refractivity contribution in [1.82, 2.24) is 0 Å². The quantitative estimate of drug-likeness (QED) is 0.692. The number of hydrogen-bond donors (Lipinski definition) is 1. The summed E-state index contributed by atoms with van der Waals surface area (Å²) in [6.07, 6.45) is 0. The summed E-state index contributed by atoms with van der Waals surface area (Å²) < 4.78 is 26.3. The third-order valence-electron chi connectivity index (χ3n) is 2.51. The van der Waals surface area contributed by atoms with Crippen molar-refractivity contribution in [1.29, 1.82) is 0 Å². The summed E-state index contributed by atoms with van der Waals surface area (Å²) >= 11 is 0. The molecule has 1 amide bonds. The zero-order valence-electron chi connectivity index (χ0n) is 9.97. The molecule has 2 aromatic carbocycles. The average molecular weight is 278 g/mol. The summed E-state index contributed by atoms with van der Waals surface area (Å²) in [5.41, 5.74) is -0.340. The Morgan fingerprint density at radius 1 is 1.10 bits per heavy atom. The minimum absolute atomic E-state index is 0.139. The molecule has 0 bridgehead atoms. The van der Waals surface area contributed by atoms with Gasteiger partial charge in [-0.2, -0.15) is 0 Å². The molecule has 0 atom stereocenters. The number of carbonyl (C=O) groups is 1. The fourth-order valence-electron chi connectivity index (χ4n) is 1.54. The maximum atomic E-state index is 13.4. The lowest BCUT2D eigenvalue weighted by molar-refractivity contribution is -0.384. The van der Waals surface area contributed by atoms with Gasteiger partial charge in [0.1, 0.15) is 11.6 Å². The van der Waals surface area contributed by atoms with E-state index in [4.69, 9.17) is 0 Å². The lowest BCUT2D eigenvalue weighted by Gasteiger charge is -2.06. The van der Waals surface area contributed by atoms with Crippen LogP contribution < -0.4 is 5.32 Å². The van der Waals surface area contributed by atoms with E-state index in [2.05, 4.69) is 5.32 Å². The molecule has 1 N–H and O–H groups in total. The Morgan fingerprint density at radius 2 is 1.75 bits per heavy atom. The molecule has 0 aliphatic carbocycles. The van der Waals surface area contributed by atoms with E-state index in [9.17, 15) is 23.7 Å². The summed E-state index contributed by atoms with van der Waals surface area (Å²) in [5.74, 6) is -2.43. The molecule has 0 radical (unpaired) electrons. The minimum Gasteiger partial charge on any atom is -0.322 e. The van der Waals surface area contributed by atoms with Crippen molar-refractivity contribution in [3.63, 3.8) is 0 Å². The predicted molar refractivity (Wildman–Crippen MR) is 67.4 cm³/mol. The van der Waals surface area contributed by atoms with E-state index in [0.29, 0.717) is 0 Å². The van der Waals surface area contributed by atoms with Gasteiger partial charge in [-0.3, -0.25) is 14.9 Å². The van der Waals surface area contributed by atoms with Gasteiger partial charge in [0.15, 0.2) is 0 Å². The second kappa shape index (κ2) is 5.43. The van der Waals surface area contributed by atoms with Gasteiger partial charge < -0.3 is 5.32 Å². The number of rotatable bonds is 3. The lowest BCUT2D eigenvalue weighted by atomic mass is 10.2. The van der Waals surface area contributed by atoms with Crippen molar-refractivity contribution in [2.24, 2.45) is 0 Å². The van der Waals surface area contributed by atoms with Crippen LogP contribution in [0.1, 0.15) is 10.4 Å². The van der Waals surface area contributed by atoms with Gasteiger partial charge >= 0.3 is 0 Å². The van der Waals surface area contributed by atoms with Gasteiger partial charge in [0.2, 0.25) is 0 Å². The van der Waals surface area contributed by atoms with Crippen LogP contribution in [0.3, 0.4) is 0 Å². The Hall–Kier alpha value is -2.83. The van der Waals surface area contributed by atoms with Crippen molar-refractivity contribution >= 4 is 17.3 Å². The average Bonchev–Trinajstić information content (AvgIpc) is 2.42. The first-order valence-corrected chi connectivity index (χ1v) is 5.48. The van der Waals surface area contributed by atoms with Gasteiger partial charge in [0.05, 0.1) is 10.5 Å². The molecule has 0 heterocycles. The molecule has 0 aliphatic heterocycles. The fraction of sp³-hybridized carbons (Fsp3) is 0. The minimum atomic E-state index is -0.856. The van der Waals surface area contributed by atoms with Crippen molar-refractivity contribution in [2.45, 2.75) is 0 Å². The second-order valence-corrected chi connectivity index (χ2v) is 3.88. The largest absolute Gasteiger partial charge is 0.322 e. The fourth-order valence-corrected chi connectivity index (χ4v) is 1.54. The number of anilines is 1. The topological polar surface area (TPSA) is 72.2 Å². The van der Waals surface area contributed by atoms with Crippen molar-refractivity contribution < 1.29 is 18.5 Å². The van der Waals surface area contributed by atoms with Gasteiger partial charge in [-0.15, -0.1) is 0 Å². The standard InChI is InChI=1S/C13H8F2N2O3/c14-8-1-6-12(15)11(7-8)13(18)16-9-2-4-10(5-3-9)17(19)20/h1-7H,(H,16,18). The number of halogens is 2. The Balaban J connectivity index is 2.19. The SMILES string of the molecule is O=C(Nc1ccc([N+](=O)[O-])cc1)c1cc(F)ccc1F. The van der Waals surface area contributed by atoms with Crippen LogP contribution in [0.25, 0.3) is 0 Å². The first kappa shape index (κ1) is 13.6. The van der Waals surface area contributed by atoms with Crippen LogP contribution in [-0.2, 0) is 0 Å². The summed E-state index contributed by atoms with van der Waals surface area (Å²) in [6.45, 7) is 0. The van der Waals surface area contributed by atoms with E-state index < -0.39 is 28.0 Å². The number of nitrogens with one attached hydrogen (secondary N) is 1. The Morgan fingerprint density at radius 3 is 2.35 bits per heavy atom. The number of nitro groups is 1. The maximum absolute atomic E-state index is 13.4. The highest BCUT2D eigenvalue weighted by molar-refractivity contribution is 6.04. The van der Waals surface area contributed by atoms with E-state index in [1.165, 1.54) is 24.3 Å². The Labute approximate surface area is 112 Å². The van der Waals surface area contributed by atoms with E-state index in [0.717, 1.165) is 18.2 Å². The van der Waals surface area contributed by atoms with Gasteiger partial charge in [0, 0.05) is 17.8 Å². The Bertz CT molecular complexity index is 672. The molecule has 0 saturated carbocycles. The second-order valence-electron chi connectivity index (χ2n) is 3.88. The molecule has 0 spiro atoms. The molecule has 102 valence electrons. The summed E-state index contributed by atoms with van der Waals surface area (Å²) in [4.78, 5) is 21.6. The van der Waals surface area contributed by atoms with Gasteiger partial charge in [-0.05, 0) is 30.3 Å². The van der Waals surface area contributed by atoms with Gasteiger partial charge in [-0.25, -0.2) is 8.78 Å². The molecule has 0 unspecified atom stereocenters. The highest BCUT2D eigenvalue weighted by atomic mass is 19.1. The monoisotopic (exact) mass is 278 g/mol. The molecule has 0 aromatic heterocycles. The number of carbonyl (C=O) groups excluding carboxylic acids is 1. The maximum Gasteiger partial charge on any atom is 0.269 e. The van der Waals surface area contributed by atoms with E-state index in [-0.39, 0.29) is 11.4 Å². The molecule has 0 aliphatic rings. The summed E-state index contributed by atoms with van der Waals surface area (Å²) in [6, 6.07) is 7.50. The number of hydrogen-bond acceptors (Lipinski definition) is 3. The third kappa shape index (κ3) is 2.94. The van der Waals surface area contributed by atoms with Crippen LogP contribution in [0.5, 0.6) is 0 Å². The molecule has 20 heavy (non-hydrogen) atoms. The predicted octanol–water partition coefficient (Wildman–Crippen LogP) is 3.13. The van der Waals surface area contributed by atoms with Crippen molar-refractivity contribution in [2.75, 3.05) is 5.32 Å². The Kier molecular flexibility index (Phi) is 3.69. The molecular weight excluding hydrogens is 270 g/mol. The first-order valence-electron chi connectivity index (χ1n) is 5.48. The van der Waals surface area contributed by atoms with Gasteiger partial charge in [-0.1, -0.05) is 0 Å². The highest BCUT2D eigenvalue weighted by Crippen LogP contribution is 2.17. The van der Waals surface area contributed by atoms with Crippen LogP contribution in [0, 0.1) is 21.7 Å². The smallest absolute Gasteiger partial charge is 0.269 e. The lowest BCUT2D eigenvalue weighted by Crippen LogP contribution is -2.14. The number of benzene rings is 2. The molecular formula is C13H8F2N2O3. The highest BCUT2D eigenvalue weighted by Gasteiger charge is 2.13. The van der Waals surface area contributed by atoms with Crippen LogP contribution >= 0.6 is 0 Å². The van der Waals surface area contributed by atoms with E-state index >= 15 is 0 Å². The number of amides is 1. The van der Waals surface area contributed by atoms with Crippen LogP contribution in [0.15, 0.2) is 42.5 Å². The zero-order valence-corrected chi connectivity index (χ0v) is 9.97. The number of non-ortho nitro benzene ring substituents is 1. The summed E-state index contributed by atoms with van der Waals surface area (Å²) in [7, 11) is 0. The number of nitro benzene ring substituents is 1. The zero-order chi connectivity index (χ0) is 14.7. The molecule has 0 fully saturated rings. The molecule has 0 saturated heterocycles. The van der Waals surface area contributed by atoms with E-state index in [1.54, 1.807) is 0 Å². The molecule has 5 nitrogen and oxygen atoms in total. The third-order valence-corrected chi connectivity index (χ3v) is 2.51. The van der Waals surface area contributed by atoms with Crippen molar-refractivity contribution in [3.8, 4) is 0 Å². The normalized spacial score (nSPS) is 10.1. The van der Waals surface area contributed by atoms with Crippen molar-refractivity contribution in [3.05, 3.63) is 69.8 Å². The number of nitrogens with zero attached hydrogens (tertiary/aromatic N) is 1. The molecule has 2 rings (SSSR count). The molecule has 2 aromatic rings. The van der Waals surface area contributed by atoms with Crippen LogP contribution in [-0.4, -0.2) is 10.8 Å². The van der Waals surface area contributed by atoms with Crippen LogP contribution in [0.4, 0.5) is 20.2 Å². The summed E-state index contributed by atoms with van der Waals surface area (Å²) in [5, 5.41) is 12.8.